The minimum Gasteiger partial charge on any atom is -0.495 e. The van der Waals surface area contributed by atoms with Crippen molar-refractivity contribution < 1.29 is 14.3 Å². The van der Waals surface area contributed by atoms with Crippen molar-refractivity contribution in [2.45, 2.75) is 6.92 Å². The van der Waals surface area contributed by atoms with Gasteiger partial charge in [0.1, 0.15) is 17.4 Å². The topological polar surface area (TPSA) is 59.3 Å². The van der Waals surface area contributed by atoms with E-state index < -0.39 is 5.97 Å². The molecule has 0 unspecified atom stereocenters. The monoisotopic (exact) mass is 283 g/mol. The van der Waals surface area contributed by atoms with Gasteiger partial charge in [-0.05, 0) is 35.0 Å². The fraction of sp³-hybridized carbons (Fsp3) is 0.273. The number of benzene rings is 1. The molecule has 16 heavy (non-hydrogen) atoms. The van der Waals surface area contributed by atoms with Crippen molar-refractivity contribution in [3.05, 3.63) is 27.7 Å². The van der Waals surface area contributed by atoms with Crippen LogP contribution in [-0.2, 0) is 4.74 Å². The Kier molecular flexibility index (Phi) is 4.32. The van der Waals surface area contributed by atoms with Crippen LogP contribution in [0.5, 0.6) is 5.75 Å². The zero-order valence-corrected chi connectivity index (χ0v) is 10.5. The van der Waals surface area contributed by atoms with Gasteiger partial charge in [0, 0.05) is 4.47 Å². The summed E-state index contributed by atoms with van der Waals surface area (Å²) in [6.45, 7) is 2.03. The highest BCUT2D eigenvalue weighted by Gasteiger charge is 2.14. The Bertz CT molecular complexity index is 451. The molecule has 1 aromatic rings. The van der Waals surface area contributed by atoms with E-state index in [1.807, 2.05) is 6.07 Å². The highest BCUT2D eigenvalue weighted by molar-refractivity contribution is 9.10. The largest absolute Gasteiger partial charge is 0.495 e. The highest BCUT2D eigenvalue weighted by Crippen LogP contribution is 2.28. The zero-order chi connectivity index (χ0) is 12.1. The van der Waals surface area contributed by atoms with Crippen LogP contribution in [0.15, 0.2) is 16.6 Å². The fourth-order valence-corrected chi connectivity index (χ4v) is 1.71. The number of nitrogens with zero attached hydrogens (tertiary/aromatic N) is 1. The van der Waals surface area contributed by atoms with E-state index in [0.717, 1.165) is 0 Å². The molecule has 0 saturated carbocycles. The van der Waals surface area contributed by atoms with Crippen molar-refractivity contribution in [2.75, 3.05) is 13.7 Å². The van der Waals surface area contributed by atoms with Crippen LogP contribution in [0.4, 0.5) is 0 Å². The third kappa shape index (κ3) is 2.52. The minimum absolute atomic E-state index is 0.304. The molecule has 0 N–H and O–H groups in total. The second-order valence-electron chi connectivity index (χ2n) is 2.87. The van der Waals surface area contributed by atoms with Crippen molar-refractivity contribution in [3.63, 3.8) is 0 Å². The van der Waals surface area contributed by atoms with Crippen LogP contribution >= 0.6 is 15.9 Å². The van der Waals surface area contributed by atoms with Gasteiger partial charge in [-0.3, -0.25) is 0 Å². The van der Waals surface area contributed by atoms with Crippen LogP contribution in [0.2, 0.25) is 0 Å². The van der Waals surface area contributed by atoms with E-state index in [1.165, 1.54) is 13.2 Å². The average Bonchev–Trinajstić information content (AvgIpc) is 2.28. The van der Waals surface area contributed by atoms with E-state index in [2.05, 4.69) is 15.9 Å². The first kappa shape index (κ1) is 12.5. The second-order valence-corrected chi connectivity index (χ2v) is 3.72. The van der Waals surface area contributed by atoms with E-state index >= 15 is 0 Å². The molecule has 0 radical (unpaired) electrons. The van der Waals surface area contributed by atoms with Crippen molar-refractivity contribution in [1.82, 2.24) is 0 Å². The molecule has 1 rings (SSSR count). The molecular formula is C11H10BrNO3. The predicted octanol–water partition coefficient (Wildman–Crippen LogP) is 2.51. The van der Waals surface area contributed by atoms with Crippen LogP contribution in [0.1, 0.15) is 22.8 Å². The molecule has 0 aromatic heterocycles. The van der Waals surface area contributed by atoms with Gasteiger partial charge in [-0.1, -0.05) is 0 Å². The summed E-state index contributed by atoms with van der Waals surface area (Å²) in [5.74, 6) is -0.0917. The van der Waals surface area contributed by atoms with E-state index in [0.29, 0.717) is 28.0 Å². The van der Waals surface area contributed by atoms with Gasteiger partial charge in [0.2, 0.25) is 0 Å². The lowest BCUT2D eigenvalue weighted by Gasteiger charge is -2.07. The third-order valence-corrected chi connectivity index (χ3v) is 2.52. The Hall–Kier alpha value is -1.54. The number of rotatable bonds is 3. The van der Waals surface area contributed by atoms with Crippen LogP contribution < -0.4 is 4.74 Å². The summed E-state index contributed by atoms with van der Waals surface area (Å²) in [4.78, 5) is 11.5. The molecule has 1 aromatic carbocycles. The zero-order valence-electron chi connectivity index (χ0n) is 8.91. The number of hydrogen-bond donors (Lipinski definition) is 0. The van der Waals surface area contributed by atoms with Crippen LogP contribution in [0, 0.1) is 11.3 Å². The molecule has 0 heterocycles. The van der Waals surface area contributed by atoms with Crippen molar-refractivity contribution in [1.29, 1.82) is 5.26 Å². The lowest BCUT2D eigenvalue weighted by molar-refractivity contribution is 0.0526. The standard InChI is InChI=1S/C11H10BrNO3/c1-3-16-11(14)7-4-9(12)8(6-13)10(5-7)15-2/h4-5H,3H2,1-2H3. The average molecular weight is 284 g/mol. The number of halogens is 1. The Morgan fingerprint density at radius 1 is 1.56 bits per heavy atom. The number of esters is 1. The first-order valence-electron chi connectivity index (χ1n) is 4.58. The maximum absolute atomic E-state index is 11.5. The number of carbonyl (C=O) groups is 1. The summed E-state index contributed by atoms with van der Waals surface area (Å²) in [6, 6.07) is 5.02. The quantitative estimate of drug-likeness (QED) is 0.800. The normalized spacial score (nSPS) is 9.38. The summed E-state index contributed by atoms with van der Waals surface area (Å²) in [5.41, 5.74) is 0.708. The smallest absolute Gasteiger partial charge is 0.338 e. The van der Waals surface area contributed by atoms with E-state index in [9.17, 15) is 4.79 Å². The molecule has 84 valence electrons. The molecule has 0 atom stereocenters. The van der Waals surface area contributed by atoms with Gasteiger partial charge in [0.05, 0.1) is 19.3 Å². The Balaban J connectivity index is 3.21. The SMILES string of the molecule is CCOC(=O)c1cc(Br)c(C#N)c(OC)c1. The Morgan fingerprint density at radius 2 is 2.25 bits per heavy atom. The number of hydrogen-bond acceptors (Lipinski definition) is 4. The van der Waals surface area contributed by atoms with Crippen molar-refractivity contribution in [3.8, 4) is 11.8 Å². The molecule has 0 aliphatic rings. The second kappa shape index (κ2) is 5.52. The van der Waals surface area contributed by atoms with Gasteiger partial charge in [-0.2, -0.15) is 5.26 Å². The number of carbonyl (C=O) groups excluding carboxylic acids is 1. The van der Waals surface area contributed by atoms with E-state index in [-0.39, 0.29) is 0 Å². The minimum atomic E-state index is -0.439. The summed E-state index contributed by atoms with van der Waals surface area (Å²) < 4.78 is 10.4. The van der Waals surface area contributed by atoms with Crippen LogP contribution in [0.3, 0.4) is 0 Å². The van der Waals surface area contributed by atoms with Gasteiger partial charge in [0.25, 0.3) is 0 Å². The Morgan fingerprint density at radius 3 is 2.75 bits per heavy atom. The maximum atomic E-state index is 11.5. The molecule has 4 nitrogen and oxygen atoms in total. The number of ether oxygens (including phenoxy) is 2. The number of methoxy groups -OCH3 is 1. The molecular weight excluding hydrogens is 274 g/mol. The van der Waals surface area contributed by atoms with Crippen LogP contribution in [-0.4, -0.2) is 19.7 Å². The van der Waals surface area contributed by atoms with Crippen molar-refractivity contribution >= 4 is 21.9 Å². The summed E-state index contributed by atoms with van der Waals surface area (Å²) >= 11 is 3.21. The molecule has 0 fully saturated rings. The van der Waals surface area contributed by atoms with E-state index in [1.54, 1.807) is 13.0 Å². The fourth-order valence-electron chi connectivity index (χ4n) is 1.18. The van der Waals surface area contributed by atoms with Crippen molar-refractivity contribution in [2.24, 2.45) is 0 Å². The van der Waals surface area contributed by atoms with E-state index in [4.69, 9.17) is 14.7 Å². The van der Waals surface area contributed by atoms with Gasteiger partial charge in [0.15, 0.2) is 0 Å². The molecule has 0 bridgehead atoms. The molecule has 0 amide bonds. The highest BCUT2D eigenvalue weighted by atomic mass is 79.9. The molecule has 5 heteroatoms. The molecule has 0 aliphatic carbocycles. The molecule has 0 aliphatic heterocycles. The maximum Gasteiger partial charge on any atom is 0.338 e. The Labute approximate surface area is 102 Å². The van der Waals surface area contributed by atoms with Gasteiger partial charge in [-0.25, -0.2) is 4.79 Å². The van der Waals surface area contributed by atoms with Crippen LogP contribution in [0.25, 0.3) is 0 Å². The lowest BCUT2D eigenvalue weighted by Crippen LogP contribution is -2.05. The third-order valence-electron chi connectivity index (χ3n) is 1.90. The van der Waals surface area contributed by atoms with Gasteiger partial charge < -0.3 is 9.47 Å². The predicted molar refractivity (Wildman–Crippen MR) is 61.4 cm³/mol. The molecule has 0 saturated heterocycles. The molecule has 0 spiro atoms. The first-order valence-corrected chi connectivity index (χ1v) is 5.38. The first-order chi connectivity index (χ1) is 7.63. The summed E-state index contributed by atoms with van der Waals surface area (Å²) in [6.07, 6.45) is 0. The number of nitriles is 1. The summed E-state index contributed by atoms with van der Waals surface area (Å²) in [5, 5.41) is 8.89. The lowest BCUT2D eigenvalue weighted by atomic mass is 10.1. The summed E-state index contributed by atoms with van der Waals surface area (Å²) in [7, 11) is 1.44. The van der Waals surface area contributed by atoms with Gasteiger partial charge >= 0.3 is 5.97 Å². The van der Waals surface area contributed by atoms with Gasteiger partial charge in [-0.15, -0.1) is 0 Å².